The van der Waals surface area contributed by atoms with Crippen LogP contribution in [0.2, 0.25) is 0 Å². The Morgan fingerprint density at radius 1 is 0.967 bits per heavy atom. The van der Waals surface area contributed by atoms with Crippen LogP contribution in [0.1, 0.15) is 17.2 Å². The summed E-state index contributed by atoms with van der Waals surface area (Å²) in [5, 5.41) is 51.5. The van der Waals surface area contributed by atoms with Crippen LogP contribution < -0.4 is 0 Å². The molecule has 30 heavy (non-hydrogen) atoms. The van der Waals surface area contributed by atoms with Crippen molar-refractivity contribution in [1.82, 2.24) is 4.98 Å². The molecule has 1 aromatic heterocycles. The molecule has 2 unspecified atom stereocenters. The number of aliphatic hydroxyl groups excluding tert-OH is 5. The van der Waals surface area contributed by atoms with E-state index < -0.39 is 43.2 Å². The number of aliphatic hydroxyl groups is 5. The standard InChI is InChI=1S/C23H25NO6/c1-12-9-14(15-5-4-13-3-2-8-24-17(13)10-15)6-7-16(12)19(26)23-22(29)21(28)20(27)18(11-25)30-23/h2-10,18-23,25-29H,11H2,1H3/t18?,19-,20-,21+,22?,23-/m1/s1. The van der Waals surface area contributed by atoms with Gasteiger partial charge in [0.25, 0.3) is 0 Å². The van der Waals surface area contributed by atoms with Gasteiger partial charge in [-0.2, -0.15) is 0 Å². The first kappa shape index (κ1) is 20.9. The lowest BCUT2D eigenvalue weighted by molar-refractivity contribution is -0.250. The molecule has 0 aliphatic carbocycles. The van der Waals surface area contributed by atoms with Gasteiger partial charge in [0.2, 0.25) is 0 Å². The van der Waals surface area contributed by atoms with E-state index in [1.165, 1.54) is 0 Å². The minimum absolute atomic E-state index is 0.530. The number of pyridine rings is 1. The second kappa shape index (κ2) is 8.39. The summed E-state index contributed by atoms with van der Waals surface area (Å²) >= 11 is 0. The summed E-state index contributed by atoms with van der Waals surface area (Å²) in [4.78, 5) is 4.38. The molecule has 0 radical (unpaired) electrons. The molecule has 0 spiro atoms. The van der Waals surface area contributed by atoms with Crippen molar-refractivity contribution >= 4 is 10.9 Å². The van der Waals surface area contributed by atoms with Gasteiger partial charge in [0.05, 0.1) is 12.1 Å². The quantitative estimate of drug-likeness (QED) is 0.435. The van der Waals surface area contributed by atoms with E-state index in [2.05, 4.69) is 4.98 Å². The van der Waals surface area contributed by atoms with Crippen LogP contribution in [0.5, 0.6) is 0 Å². The van der Waals surface area contributed by atoms with Crippen molar-refractivity contribution in [1.29, 1.82) is 0 Å². The molecular weight excluding hydrogens is 386 g/mol. The number of benzene rings is 2. The Labute approximate surface area is 173 Å². The number of aromatic nitrogens is 1. The molecule has 1 fully saturated rings. The number of nitrogens with zero attached hydrogens (tertiary/aromatic N) is 1. The fourth-order valence-electron chi connectivity index (χ4n) is 4.00. The highest BCUT2D eigenvalue weighted by molar-refractivity contribution is 5.84. The molecule has 4 rings (SSSR count). The second-order valence-electron chi connectivity index (χ2n) is 7.72. The van der Waals surface area contributed by atoms with Gasteiger partial charge in [-0.15, -0.1) is 0 Å². The van der Waals surface area contributed by atoms with E-state index in [0.29, 0.717) is 5.56 Å². The fraction of sp³-hybridized carbons (Fsp3) is 0.348. The van der Waals surface area contributed by atoms with Gasteiger partial charge < -0.3 is 30.3 Å². The molecule has 3 aromatic rings. The Morgan fingerprint density at radius 3 is 2.43 bits per heavy atom. The Morgan fingerprint density at radius 2 is 1.70 bits per heavy atom. The number of fused-ring (bicyclic) bond motifs is 1. The molecular formula is C23H25NO6. The Balaban J connectivity index is 1.62. The van der Waals surface area contributed by atoms with E-state index in [-0.39, 0.29) is 0 Å². The van der Waals surface area contributed by atoms with E-state index >= 15 is 0 Å². The van der Waals surface area contributed by atoms with E-state index in [9.17, 15) is 25.5 Å². The summed E-state index contributed by atoms with van der Waals surface area (Å²) in [7, 11) is 0. The predicted molar refractivity (Wildman–Crippen MR) is 111 cm³/mol. The van der Waals surface area contributed by atoms with Crippen molar-refractivity contribution in [2.24, 2.45) is 0 Å². The van der Waals surface area contributed by atoms with Gasteiger partial charge in [-0.1, -0.05) is 36.4 Å². The molecule has 2 heterocycles. The Kier molecular flexibility index (Phi) is 5.84. The first-order chi connectivity index (χ1) is 14.4. The largest absolute Gasteiger partial charge is 0.394 e. The van der Waals surface area contributed by atoms with Crippen LogP contribution in [0.15, 0.2) is 54.7 Å². The van der Waals surface area contributed by atoms with Crippen LogP contribution in [0.3, 0.4) is 0 Å². The van der Waals surface area contributed by atoms with Crippen molar-refractivity contribution in [2.45, 2.75) is 43.5 Å². The van der Waals surface area contributed by atoms with Crippen LogP contribution in [-0.2, 0) is 4.74 Å². The average molecular weight is 411 g/mol. The van der Waals surface area contributed by atoms with Crippen LogP contribution in [-0.4, -0.2) is 67.6 Å². The van der Waals surface area contributed by atoms with E-state index in [4.69, 9.17) is 4.74 Å². The van der Waals surface area contributed by atoms with Crippen LogP contribution in [0, 0.1) is 6.92 Å². The van der Waals surface area contributed by atoms with Gasteiger partial charge in [-0.05, 0) is 41.3 Å². The summed E-state index contributed by atoms with van der Waals surface area (Å²) in [6.45, 7) is 1.30. The van der Waals surface area contributed by atoms with Crippen LogP contribution in [0.4, 0.5) is 0 Å². The lowest BCUT2D eigenvalue weighted by Gasteiger charge is -2.42. The maximum atomic E-state index is 10.8. The minimum Gasteiger partial charge on any atom is -0.394 e. The zero-order valence-corrected chi connectivity index (χ0v) is 16.5. The SMILES string of the molecule is Cc1cc(-c2ccc3cccnc3c2)ccc1[C@@H](O)[C@H]1OC(CO)[C@@H](O)[C@H](O)C1O. The first-order valence-corrected chi connectivity index (χ1v) is 9.85. The molecule has 0 amide bonds. The molecule has 1 aliphatic rings. The highest BCUT2D eigenvalue weighted by Crippen LogP contribution is 2.33. The third kappa shape index (κ3) is 3.72. The smallest absolute Gasteiger partial charge is 0.117 e. The molecule has 2 aromatic carbocycles. The lowest BCUT2D eigenvalue weighted by atomic mass is 9.88. The topological polar surface area (TPSA) is 123 Å². The lowest BCUT2D eigenvalue weighted by Crippen LogP contribution is -2.59. The Bertz CT molecular complexity index is 1040. The van der Waals surface area contributed by atoms with Crippen LogP contribution >= 0.6 is 0 Å². The second-order valence-corrected chi connectivity index (χ2v) is 7.72. The van der Waals surface area contributed by atoms with Crippen molar-refractivity contribution in [3.05, 3.63) is 65.9 Å². The normalized spacial score (nSPS) is 27.9. The number of hydrogen-bond donors (Lipinski definition) is 5. The van der Waals surface area contributed by atoms with E-state index in [0.717, 1.165) is 27.6 Å². The maximum absolute atomic E-state index is 10.8. The van der Waals surface area contributed by atoms with Gasteiger partial charge in [0.15, 0.2) is 0 Å². The van der Waals surface area contributed by atoms with Gasteiger partial charge in [0.1, 0.15) is 36.6 Å². The monoisotopic (exact) mass is 411 g/mol. The average Bonchev–Trinajstić information content (AvgIpc) is 2.77. The van der Waals surface area contributed by atoms with Gasteiger partial charge in [-0.25, -0.2) is 0 Å². The summed E-state index contributed by atoms with van der Waals surface area (Å²) in [6, 6.07) is 15.4. The number of hydrogen-bond acceptors (Lipinski definition) is 7. The van der Waals surface area contributed by atoms with E-state index in [1.807, 2.05) is 49.4 Å². The molecule has 1 aliphatic heterocycles. The zero-order chi connectivity index (χ0) is 21.4. The van der Waals surface area contributed by atoms with Crippen molar-refractivity contribution in [3.63, 3.8) is 0 Å². The number of rotatable bonds is 4. The summed E-state index contributed by atoms with van der Waals surface area (Å²) in [5.74, 6) is 0. The highest BCUT2D eigenvalue weighted by atomic mass is 16.6. The molecule has 1 saturated heterocycles. The third-order valence-corrected chi connectivity index (χ3v) is 5.77. The molecule has 5 N–H and O–H groups in total. The number of aryl methyl sites for hydroxylation is 1. The highest BCUT2D eigenvalue weighted by Gasteiger charge is 2.46. The minimum atomic E-state index is -1.53. The maximum Gasteiger partial charge on any atom is 0.117 e. The predicted octanol–water partition coefficient (Wildman–Crippen LogP) is 1.09. The molecule has 7 heteroatoms. The number of ether oxygens (including phenoxy) is 1. The van der Waals surface area contributed by atoms with Crippen molar-refractivity contribution in [2.75, 3.05) is 6.61 Å². The molecule has 0 saturated carbocycles. The fourth-order valence-corrected chi connectivity index (χ4v) is 4.00. The third-order valence-electron chi connectivity index (χ3n) is 5.77. The van der Waals surface area contributed by atoms with Gasteiger partial charge in [0, 0.05) is 11.6 Å². The van der Waals surface area contributed by atoms with Crippen LogP contribution in [0.25, 0.3) is 22.0 Å². The Hall–Kier alpha value is -2.39. The summed E-state index contributed by atoms with van der Waals surface area (Å²) < 4.78 is 5.50. The summed E-state index contributed by atoms with van der Waals surface area (Å²) in [6.07, 6.45) is -6.23. The van der Waals surface area contributed by atoms with E-state index in [1.54, 1.807) is 12.3 Å². The van der Waals surface area contributed by atoms with Crippen molar-refractivity contribution < 1.29 is 30.3 Å². The molecule has 0 bridgehead atoms. The van der Waals surface area contributed by atoms with Gasteiger partial charge >= 0.3 is 0 Å². The van der Waals surface area contributed by atoms with Crippen molar-refractivity contribution in [3.8, 4) is 11.1 Å². The molecule has 158 valence electrons. The van der Waals surface area contributed by atoms with Gasteiger partial charge in [-0.3, -0.25) is 4.98 Å². The summed E-state index contributed by atoms with van der Waals surface area (Å²) in [5.41, 5.74) is 4.13. The zero-order valence-electron chi connectivity index (χ0n) is 16.5. The first-order valence-electron chi connectivity index (χ1n) is 9.85. The molecule has 7 nitrogen and oxygen atoms in total. The molecule has 6 atom stereocenters.